The van der Waals surface area contributed by atoms with E-state index in [1.165, 1.54) is 25.7 Å². The van der Waals surface area contributed by atoms with Crippen molar-refractivity contribution in [2.24, 2.45) is 5.41 Å². The highest BCUT2D eigenvalue weighted by molar-refractivity contribution is 4.78. The summed E-state index contributed by atoms with van der Waals surface area (Å²) < 4.78 is 10.6. The number of hydrogen-bond acceptors (Lipinski definition) is 2. The monoisotopic (exact) mass is 188 g/mol. The van der Waals surface area contributed by atoms with E-state index in [1.807, 2.05) is 0 Å². The van der Waals surface area contributed by atoms with Gasteiger partial charge in [-0.25, -0.2) is 0 Å². The molecule has 0 aromatic rings. The van der Waals surface area contributed by atoms with Gasteiger partial charge < -0.3 is 9.47 Å². The fourth-order valence-electron chi connectivity index (χ4n) is 2.13. The summed E-state index contributed by atoms with van der Waals surface area (Å²) in [5.74, 6) is 0. The summed E-state index contributed by atoms with van der Waals surface area (Å²) in [7, 11) is 3.55. The Bertz CT molecular complexity index is 83.1. The third-order valence-corrected chi connectivity index (χ3v) is 2.46. The van der Waals surface area contributed by atoms with E-state index in [0.29, 0.717) is 0 Å². The fourth-order valence-corrected chi connectivity index (χ4v) is 2.13. The lowest BCUT2D eigenvalue weighted by atomic mass is 9.81. The molecule has 2 nitrogen and oxygen atoms in total. The molecule has 0 saturated carbocycles. The van der Waals surface area contributed by atoms with Crippen LogP contribution >= 0.6 is 0 Å². The SMILES string of the molecule is CCCC(CCC)(COC)COC. The van der Waals surface area contributed by atoms with Crippen LogP contribution in [0.4, 0.5) is 0 Å². The molecule has 0 aliphatic heterocycles. The van der Waals surface area contributed by atoms with Gasteiger partial charge in [0.05, 0.1) is 13.2 Å². The third kappa shape index (κ3) is 4.63. The second-order valence-corrected chi connectivity index (χ2v) is 3.87. The van der Waals surface area contributed by atoms with E-state index in [2.05, 4.69) is 13.8 Å². The van der Waals surface area contributed by atoms with E-state index < -0.39 is 0 Å². The van der Waals surface area contributed by atoms with Gasteiger partial charge in [0.15, 0.2) is 0 Å². The van der Waals surface area contributed by atoms with Crippen molar-refractivity contribution < 1.29 is 9.47 Å². The molecule has 0 rings (SSSR count). The Balaban J connectivity index is 4.19. The minimum Gasteiger partial charge on any atom is -0.384 e. The highest BCUT2D eigenvalue weighted by atomic mass is 16.5. The van der Waals surface area contributed by atoms with Crippen LogP contribution in [0.15, 0.2) is 0 Å². The first-order valence-corrected chi connectivity index (χ1v) is 5.22. The van der Waals surface area contributed by atoms with Crippen LogP contribution in [-0.4, -0.2) is 27.4 Å². The maximum absolute atomic E-state index is 5.28. The molecular formula is C11H24O2. The zero-order chi connectivity index (χ0) is 10.2. The second kappa shape index (κ2) is 7.34. The fraction of sp³-hybridized carbons (Fsp3) is 1.00. The summed E-state index contributed by atoms with van der Waals surface area (Å²) in [6.45, 7) is 6.08. The van der Waals surface area contributed by atoms with Crippen molar-refractivity contribution in [3.8, 4) is 0 Å². The zero-order valence-corrected chi connectivity index (χ0v) is 9.56. The first-order chi connectivity index (χ1) is 6.24. The molecule has 0 aromatic carbocycles. The molecule has 0 fully saturated rings. The van der Waals surface area contributed by atoms with Crippen molar-refractivity contribution in [1.82, 2.24) is 0 Å². The minimum atomic E-state index is 0.257. The highest BCUT2D eigenvalue weighted by Crippen LogP contribution is 2.30. The minimum absolute atomic E-state index is 0.257. The van der Waals surface area contributed by atoms with E-state index in [9.17, 15) is 0 Å². The summed E-state index contributed by atoms with van der Waals surface area (Å²) in [5, 5.41) is 0. The molecule has 0 bridgehead atoms. The third-order valence-electron chi connectivity index (χ3n) is 2.46. The maximum Gasteiger partial charge on any atom is 0.0540 e. The van der Waals surface area contributed by atoms with Crippen LogP contribution in [0.5, 0.6) is 0 Å². The van der Waals surface area contributed by atoms with Crippen LogP contribution in [0, 0.1) is 5.41 Å². The summed E-state index contributed by atoms with van der Waals surface area (Å²) in [5.41, 5.74) is 0.257. The molecule has 0 heterocycles. The van der Waals surface area contributed by atoms with Gasteiger partial charge in [-0.15, -0.1) is 0 Å². The van der Waals surface area contributed by atoms with Crippen molar-refractivity contribution in [1.29, 1.82) is 0 Å². The van der Waals surface area contributed by atoms with Gasteiger partial charge in [-0.05, 0) is 12.8 Å². The molecule has 0 aliphatic carbocycles. The van der Waals surface area contributed by atoms with Crippen molar-refractivity contribution in [2.45, 2.75) is 39.5 Å². The molecule has 13 heavy (non-hydrogen) atoms. The summed E-state index contributed by atoms with van der Waals surface area (Å²) in [4.78, 5) is 0. The Hall–Kier alpha value is -0.0800. The molecule has 0 amide bonds. The van der Waals surface area contributed by atoms with E-state index in [-0.39, 0.29) is 5.41 Å². The molecule has 0 spiro atoms. The predicted molar refractivity (Wildman–Crippen MR) is 56.0 cm³/mol. The molecule has 0 saturated heterocycles. The molecule has 2 heteroatoms. The van der Waals surface area contributed by atoms with Gasteiger partial charge in [-0.3, -0.25) is 0 Å². The molecule has 0 aromatic heterocycles. The van der Waals surface area contributed by atoms with Crippen LogP contribution in [0.3, 0.4) is 0 Å². The quantitative estimate of drug-likeness (QED) is 0.583. The van der Waals surface area contributed by atoms with Gasteiger partial charge in [0.25, 0.3) is 0 Å². The normalized spacial score (nSPS) is 12.0. The van der Waals surface area contributed by atoms with Crippen molar-refractivity contribution >= 4 is 0 Å². The second-order valence-electron chi connectivity index (χ2n) is 3.87. The Morgan fingerprint density at radius 3 is 1.46 bits per heavy atom. The van der Waals surface area contributed by atoms with Crippen LogP contribution in [-0.2, 0) is 9.47 Å². The standard InChI is InChI=1S/C11H24O2/c1-5-7-11(8-6-2,9-12-3)10-13-4/h5-10H2,1-4H3. The molecule has 0 atom stereocenters. The van der Waals surface area contributed by atoms with Gasteiger partial charge in [0, 0.05) is 19.6 Å². The summed E-state index contributed by atoms with van der Waals surface area (Å²) in [6.07, 6.45) is 4.80. The van der Waals surface area contributed by atoms with E-state index >= 15 is 0 Å². The topological polar surface area (TPSA) is 18.5 Å². The molecular weight excluding hydrogens is 164 g/mol. The average molecular weight is 188 g/mol. The largest absolute Gasteiger partial charge is 0.384 e. The van der Waals surface area contributed by atoms with Gasteiger partial charge in [-0.1, -0.05) is 26.7 Å². The zero-order valence-electron chi connectivity index (χ0n) is 9.56. The first kappa shape index (κ1) is 12.9. The van der Waals surface area contributed by atoms with Crippen LogP contribution in [0.2, 0.25) is 0 Å². The summed E-state index contributed by atoms with van der Waals surface area (Å²) in [6, 6.07) is 0. The molecule has 80 valence electrons. The smallest absolute Gasteiger partial charge is 0.0540 e. The van der Waals surface area contributed by atoms with Crippen LogP contribution in [0.1, 0.15) is 39.5 Å². The number of ether oxygens (including phenoxy) is 2. The number of rotatable bonds is 8. The van der Waals surface area contributed by atoms with Gasteiger partial charge in [0.2, 0.25) is 0 Å². The lowest BCUT2D eigenvalue weighted by molar-refractivity contribution is -0.00222. The van der Waals surface area contributed by atoms with E-state index in [1.54, 1.807) is 14.2 Å². The van der Waals surface area contributed by atoms with Gasteiger partial charge in [0.1, 0.15) is 0 Å². The first-order valence-electron chi connectivity index (χ1n) is 5.22. The van der Waals surface area contributed by atoms with Gasteiger partial charge in [-0.2, -0.15) is 0 Å². The molecule has 0 unspecified atom stereocenters. The predicted octanol–water partition coefficient (Wildman–Crippen LogP) is 2.87. The van der Waals surface area contributed by atoms with Crippen LogP contribution < -0.4 is 0 Å². The van der Waals surface area contributed by atoms with Crippen molar-refractivity contribution in [3.63, 3.8) is 0 Å². The average Bonchev–Trinajstić information content (AvgIpc) is 2.06. The van der Waals surface area contributed by atoms with Crippen molar-refractivity contribution in [3.05, 3.63) is 0 Å². The van der Waals surface area contributed by atoms with E-state index in [0.717, 1.165) is 13.2 Å². The summed E-state index contributed by atoms with van der Waals surface area (Å²) >= 11 is 0. The lowest BCUT2D eigenvalue weighted by Gasteiger charge is -2.31. The molecule has 0 radical (unpaired) electrons. The highest BCUT2D eigenvalue weighted by Gasteiger charge is 2.28. The Labute approximate surface area is 82.6 Å². The molecule has 0 N–H and O–H groups in total. The Morgan fingerprint density at radius 2 is 1.23 bits per heavy atom. The Morgan fingerprint density at radius 1 is 0.846 bits per heavy atom. The van der Waals surface area contributed by atoms with E-state index in [4.69, 9.17) is 9.47 Å². The number of hydrogen-bond donors (Lipinski definition) is 0. The van der Waals surface area contributed by atoms with Gasteiger partial charge >= 0.3 is 0 Å². The van der Waals surface area contributed by atoms with Crippen LogP contribution in [0.25, 0.3) is 0 Å². The maximum atomic E-state index is 5.28. The van der Waals surface area contributed by atoms with Crippen molar-refractivity contribution in [2.75, 3.05) is 27.4 Å². The Kier molecular flexibility index (Phi) is 7.29. The molecule has 0 aliphatic rings. The lowest BCUT2D eigenvalue weighted by Crippen LogP contribution is -2.31. The number of methoxy groups -OCH3 is 2.